The minimum absolute atomic E-state index is 0.0153. The predicted octanol–water partition coefficient (Wildman–Crippen LogP) is 13.5. The summed E-state index contributed by atoms with van der Waals surface area (Å²) < 4.78 is 11.5. The minimum atomic E-state index is -0.0297. The van der Waals surface area contributed by atoms with Crippen LogP contribution in [0.5, 0.6) is 0 Å². The Morgan fingerprint density at radius 2 is 0.911 bits per heavy atom. The van der Waals surface area contributed by atoms with Crippen LogP contribution in [0.3, 0.4) is 0 Å². The molecule has 56 heavy (non-hydrogen) atoms. The van der Waals surface area contributed by atoms with Crippen molar-refractivity contribution in [3.8, 4) is 0 Å². The van der Waals surface area contributed by atoms with Crippen molar-refractivity contribution in [2.45, 2.75) is 245 Å². The molecule has 332 valence electrons. The summed E-state index contributed by atoms with van der Waals surface area (Å²) in [4.78, 5) is 39.4. The zero-order valence-electron chi connectivity index (χ0n) is 37.8. The number of ether oxygens (including phenoxy) is 2. The number of carbonyl (C=O) groups is 3. The molecule has 8 heteroatoms. The Kier molecular flexibility index (Phi) is 43.8. The van der Waals surface area contributed by atoms with Crippen LogP contribution in [0.4, 0.5) is 0 Å². The molecule has 0 spiro atoms. The summed E-state index contributed by atoms with van der Waals surface area (Å²) in [7, 11) is 0. The molecule has 1 amide bonds. The molecule has 0 aromatic heterocycles. The standard InChI is InChI=1S/C48H94N2O5S/c1-5-8-11-14-17-26-33-43-54-47(52)37-29-22-18-24-31-40-50(42-34-39-49-46(51)44-56-4)41-32-25-19-23-30-38-48(53)55-45(35-27-20-15-12-9-6-2)36-28-21-16-13-10-7-3/h45H,5-44H2,1-4H3,(H,49,51). The molecule has 0 heterocycles. The summed E-state index contributed by atoms with van der Waals surface area (Å²) in [5.74, 6) is 0.636. The van der Waals surface area contributed by atoms with Crippen molar-refractivity contribution in [3.05, 3.63) is 0 Å². The zero-order chi connectivity index (χ0) is 41.0. The first-order valence-electron chi connectivity index (χ1n) is 24.3. The van der Waals surface area contributed by atoms with Gasteiger partial charge in [0.15, 0.2) is 0 Å². The van der Waals surface area contributed by atoms with Crippen molar-refractivity contribution in [3.63, 3.8) is 0 Å². The van der Waals surface area contributed by atoms with Crippen molar-refractivity contribution in [1.29, 1.82) is 0 Å². The van der Waals surface area contributed by atoms with E-state index in [0.717, 1.165) is 96.8 Å². The number of amides is 1. The normalized spacial score (nSPS) is 11.5. The monoisotopic (exact) mass is 811 g/mol. The van der Waals surface area contributed by atoms with Gasteiger partial charge in [0, 0.05) is 19.4 Å². The number of hydrogen-bond acceptors (Lipinski definition) is 7. The maximum absolute atomic E-state index is 12.8. The molecule has 0 aromatic rings. The number of unbranched alkanes of at least 4 members (excludes halogenated alkanes) is 24. The molecule has 0 saturated carbocycles. The van der Waals surface area contributed by atoms with Gasteiger partial charge in [-0.1, -0.05) is 162 Å². The van der Waals surface area contributed by atoms with Gasteiger partial charge in [-0.25, -0.2) is 0 Å². The lowest BCUT2D eigenvalue weighted by Crippen LogP contribution is -2.32. The van der Waals surface area contributed by atoms with E-state index in [-0.39, 0.29) is 23.9 Å². The fourth-order valence-corrected chi connectivity index (χ4v) is 7.81. The molecule has 0 rings (SSSR count). The summed E-state index contributed by atoms with van der Waals surface area (Å²) in [6.45, 7) is 11.3. The summed E-state index contributed by atoms with van der Waals surface area (Å²) in [6, 6.07) is 0. The van der Waals surface area contributed by atoms with Gasteiger partial charge in [-0.3, -0.25) is 14.4 Å². The number of nitrogens with zero attached hydrogens (tertiary/aromatic N) is 1. The van der Waals surface area contributed by atoms with Gasteiger partial charge < -0.3 is 19.7 Å². The molecule has 1 N–H and O–H groups in total. The third-order valence-electron chi connectivity index (χ3n) is 11.0. The third kappa shape index (κ3) is 40.9. The number of carbonyl (C=O) groups excluding carboxylic acids is 3. The van der Waals surface area contributed by atoms with Crippen LogP contribution in [-0.4, -0.2) is 73.6 Å². The lowest BCUT2D eigenvalue weighted by atomic mass is 10.0. The topological polar surface area (TPSA) is 84.9 Å². The maximum atomic E-state index is 12.8. The van der Waals surface area contributed by atoms with Crippen LogP contribution in [0.2, 0.25) is 0 Å². The molecular formula is C48H94N2O5S. The van der Waals surface area contributed by atoms with Crippen LogP contribution in [0.15, 0.2) is 0 Å². The highest BCUT2D eigenvalue weighted by Gasteiger charge is 2.14. The Bertz CT molecular complexity index is 843. The number of nitrogens with one attached hydrogen (secondary N) is 1. The fourth-order valence-electron chi connectivity index (χ4n) is 7.45. The Morgan fingerprint density at radius 1 is 0.500 bits per heavy atom. The Labute approximate surface area is 352 Å². The first kappa shape index (κ1) is 54.7. The van der Waals surface area contributed by atoms with Crippen molar-refractivity contribution in [2.75, 3.05) is 44.8 Å². The van der Waals surface area contributed by atoms with Gasteiger partial charge in [0.25, 0.3) is 0 Å². The van der Waals surface area contributed by atoms with Crippen LogP contribution >= 0.6 is 11.8 Å². The number of esters is 2. The second-order valence-electron chi connectivity index (χ2n) is 16.6. The van der Waals surface area contributed by atoms with Crippen molar-refractivity contribution < 1.29 is 23.9 Å². The van der Waals surface area contributed by atoms with Crippen LogP contribution < -0.4 is 5.32 Å². The Morgan fingerprint density at radius 3 is 1.41 bits per heavy atom. The fraction of sp³-hybridized carbons (Fsp3) is 0.938. The zero-order valence-corrected chi connectivity index (χ0v) is 38.6. The molecule has 0 aliphatic heterocycles. The minimum Gasteiger partial charge on any atom is -0.466 e. The smallest absolute Gasteiger partial charge is 0.306 e. The maximum Gasteiger partial charge on any atom is 0.306 e. The SMILES string of the molecule is CCCCCCCCCOC(=O)CCCCCCCN(CCCCCCCC(=O)OC(CCCCCCCC)CCCCCCCC)CCCNC(=O)CSC. The van der Waals surface area contributed by atoms with E-state index in [9.17, 15) is 14.4 Å². The van der Waals surface area contributed by atoms with Crippen LogP contribution in [-0.2, 0) is 23.9 Å². The van der Waals surface area contributed by atoms with Gasteiger partial charge in [0.1, 0.15) is 6.10 Å². The molecule has 0 aliphatic carbocycles. The predicted molar refractivity (Wildman–Crippen MR) is 243 cm³/mol. The van der Waals surface area contributed by atoms with Gasteiger partial charge in [-0.2, -0.15) is 11.8 Å². The van der Waals surface area contributed by atoms with Crippen LogP contribution in [0.25, 0.3) is 0 Å². The molecule has 0 unspecified atom stereocenters. The highest BCUT2D eigenvalue weighted by Crippen LogP contribution is 2.19. The molecule has 0 bridgehead atoms. The third-order valence-corrected chi connectivity index (χ3v) is 11.6. The number of hydrogen-bond donors (Lipinski definition) is 1. The molecule has 0 aliphatic rings. The van der Waals surface area contributed by atoms with E-state index in [4.69, 9.17) is 9.47 Å². The van der Waals surface area contributed by atoms with Crippen LogP contribution in [0.1, 0.15) is 239 Å². The number of thioether (sulfide) groups is 1. The van der Waals surface area contributed by atoms with E-state index in [0.29, 0.717) is 25.2 Å². The second kappa shape index (κ2) is 44.8. The first-order valence-corrected chi connectivity index (χ1v) is 25.7. The average molecular weight is 811 g/mol. The van der Waals surface area contributed by atoms with Crippen LogP contribution in [0, 0.1) is 0 Å². The molecular weight excluding hydrogens is 717 g/mol. The van der Waals surface area contributed by atoms with Gasteiger partial charge in [-0.15, -0.1) is 0 Å². The van der Waals surface area contributed by atoms with Gasteiger partial charge in [-0.05, 0) is 90.1 Å². The van der Waals surface area contributed by atoms with Crippen molar-refractivity contribution in [2.24, 2.45) is 0 Å². The molecule has 7 nitrogen and oxygen atoms in total. The Balaban J connectivity index is 4.34. The van der Waals surface area contributed by atoms with E-state index in [2.05, 4.69) is 31.0 Å². The summed E-state index contributed by atoms with van der Waals surface area (Å²) in [5, 5.41) is 3.05. The largest absolute Gasteiger partial charge is 0.466 e. The molecule has 0 saturated heterocycles. The Hall–Kier alpha value is -1.28. The highest BCUT2D eigenvalue weighted by atomic mass is 32.2. The summed E-state index contributed by atoms with van der Waals surface area (Å²) in [5.41, 5.74) is 0. The lowest BCUT2D eigenvalue weighted by molar-refractivity contribution is -0.150. The highest BCUT2D eigenvalue weighted by molar-refractivity contribution is 7.99. The van der Waals surface area contributed by atoms with Gasteiger partial charge in [0.05, 0.1) is 12.4 Å². The van der Waals surface area contributed by atoms with E-state index in [1.807, 2.05) is 6.26 Å². The van der Waals surface area contributed by atoms with E-state index in [1.165, 1.54) is 135 Å². The molecule has 0 fully saturated rings. The molecule has 0 aromatic carbocycles. The van der Waals surface area contributed by atoms with E-state index in [1.54, 1.807) is 11.8 Å². The van der Waals surface area contributed by atoms with Crippen molar-refractivity contribution in [1.82, 2.24) is 10.2 Å². The quantitative estimate of drug-likeness (QED) is 0.0484. The van der Waals surface area contributed by atoms with E-state index < -0.39 is 0 Å². The van der Waals surface area contributed by atoms with Gasteiger partial charge >= 0.3 is 11.9 Å². The summed E-state index contributed by atoms with van der Waals surface area (Å²) >= 11 is 1.56. The van der Waals surface area contributed by atoms with Crippen molar-refractivity contribution >= 4 is 29.6 Å². The lowest BCUT2D eigenvalue weighted by Gasteiger charge is -2.22. The number of rotatable bonds is 45. The average Bonchev–Trinajstić information content (AvgIpc) is 3.18. The second-order valence-corrected chi connectivity index (χ2v) is 17.4. The van der Waals surface area contributed by atoms with Gasteiger partial charge in [0.2, 0.25) is 5.91 Å². The van der Waals surface area contributed by atoms with E-state index >= 15 is 0 Å². The summed E-state index contributed by atoms with van der Waals surface area (Å²) in [6.07, 6.45) is 41.3. The first-order chi connectivity index (χ1) is 27.5. The molecule has 0 radical (unpaired) electrons. The molecule has 0 atom stereocenters.